The van der Waals surface area contributed by atoms with Crippen molar-refractivity contribution in [2.75, 3.05) is 0 Å². The summed E-state index contributed by atoms with van der Waals surface area (Å²) in [4.78, 5) is 28.0. The fourth-order valence-corrected chi connectivity index (χ4v) is 6.12. The second kappa shape index (κ2) is 8.58. The third-order valence-electron chi connectivity index (χ3n) is 6.77. The first-order valence-corrected chi connectivity index (χ1v) is 12.2. The van der Waals surface area contributed by atoms with Gasteiger partial charge in [0.2, 0.25) is 0 Å². The number of carbonyl (C=O) groups excluding carboxylic acids is 2. The number of phenolic OH excluding ortho intramolecular Hbond substituents is 1. The third-order valence-corrected chi connectivity index (χ3v) is 7.81. The summed E-state index contributed by atoms with van der Waals surface area (Å²) in [6.07, 6.45) is 4.99. The number of aromatic hydroxyl groups is 1. The number of thiophene rings is 1. The molecule has 2 aromatic rings. The van der Waals surface area contributed by atoms with E-state index in [0.29, 0.717) is 17.6 Å². The number of hydrogen-bond donors (Lipinski definition) is 2. The van der Waals surface area contributed by atoms with E-state index in [2.05, 4.69) is 11.4 Å². The number of ketones is 1. The Hall–Kier alpha value is -2.86. The molecular formula is C26H27NO4S. The number of allylic oxidation sites excluding steroid dienone is 3. The van der Waals surface area contributed by atoms with Gasteiger partial charge in [-0.15, -0.1) is 11.3 Å². The van der Waals surface area contributed by atoms with Crippen molar-refractivity contribution < 1.29 is 19.4 Å². The van der Waals surface area contributed by atoms with Gasteiger partial charge in [-0.05, 0) is 68.2 Å². The second-order valence-corrected chi connectivity index (χ2v) is 9.92. The van der Waals surface area contributed by atoms with Crippen molar-refractivity contribution in [1.82, 2.24) is 5.32 Å². The molecule has 3 aliphatic rings. The number of nitrogens with one attached hydrogen (secondary N) is 1. The van der Waals surface area contributed by atoms with Crippen molar-refractivity contribution in [3.05, 3.63) is 74.8 Å². The molecule has 166 valence electrons. The van der Waals surface area contributed by atoms with E-state index in [-0.39, 0.29) is 29.5 Å². The van der Waals surface area contributed by atoms with Gasteiger partial charge in [-0.25, -0.2) is 4.79 Å². The summed E-state index contributed by atoms with van der Waals surface area (Å²) >= 11 is 1.67. The molecule has 1 fully saturated rings. The summed E-state index contributed by atoms with van der Waals surface area (Å²) in [7, 11) is 0. The second-order valence-electron chi connectivity index (χ2n) is 8.94. The van der Waals surface area contributed by atoms with Gasteiger partial charge in [0, 0.05) is 40.1 Å². The minimum atomic E-state index is -0.538. The van der Waals surface area contributed by atoms with Crippen LogP contribution in [0.1, 0.15) is 67.7 Å². The Kier molecular flexibility index (Phi) is 5.64. The minimum Gasteiger partial charge on any atom is -0.508 e. The van der Waals surface area contributed by atoms with Gasteiger partial charge < -0.3 is 15.2 Å². The van der Waals surface area contributed by atoms with E-state index < -0.39 is 5.92 Å². The zero-order chi connectivity index (χ0) is 22.2. The first-order valence-electron chi connectivity index (χ1n) is 11.3. The smallest absolute Gasteiger partial charge is 0.337 e. The van der Waals surface area contributed by atoms with Gasteiger partial charge in [0.1, 0.15) is 11.9 Å². The van der Waals surface area contributed by atoms with E-state index >= 15 is 0 Å². The van der Waals surface area contributed by atoms with E-state index in [4.69, 9.17) is 4.74 Å². The van der Waals surface area contributed by atoms with Crippen LogP contribution in [-0.2, 0) is 14.3 Å². The van der Waals surface area contributed by atoms with Crippen LogP contribution in [0.25, 0.3) is 0 Å². The van der Waals surface area contributed by atoms with Gasteiger partial charge in [0.25, 0.3) is 0 Å². The molecule has 0 bridgehead atoms. The zero-order valence-corrected chi connectivity index (χ0v) is 18.9. The Morgan fingerprint density at radius 3 is 2.69 bits per heavy atom. The SMILES string of the molecule is CC1=C(C(=O)OC2CCCC2)C(c2cccc(O)c2)C2=C(CC(c3cccs3)CC2=O)N1. The van der Waals surface area contributed by atoms with Crippen LogP contribution in [0.3, 0.4) is 0 Å². The lowest BCUT2D eigenvalue weighted by molar-refractivity contribution is -0.144. The van der Waals surface area contributed by atoms with Gasteiger partial charge in [-0.1, -0.05) is 18.2 Å². The number of esters is 1. The molecule has 2 unspecified atom stereocenters. The number of phenols is 1. The maximum atomic E-state index is 13.5. The summed E-state index contributed by atoms with van der Waals surface area (Å²) in [5.41, 5.74) is 3.44. The van der Waals surface area contributed by atoms with Crippen molar-refractivity contribution >= 4 is 23.1 Å². The number of rotatable bonds is 4. The maximum Gasteiger partial charge on any atom is 0.337 e. The quantitative estimate of drug-likeness (QED) is 0.620. The average molecular weight is 450 g/mol. The lowest BCUT2D eigenvalue weighted by Gasteiger charge is -2.36. The van der Waals surface area contributed by atoms with Gasteiger partial charge in [-0.2, -0.15) is 0 Å². The van der Waals surface area contributed by atoms with E-state index in [1.165, 1.54) is 4.88 Å². The molecule has 1 aromatic heterocycles. The monoisotopic (exact) mass is 449 g/mol. The molecule has 2 aliphatic carbocycles. The molecule has 0 radical (unpaired) electrons. The number of ether oxygens (including phenoxy) is 1. The average Bonchev–Trinajstić information content (AvgIpc) is 3.47. The van der Waals surface area contributed by atoms with Crippen LogP contribution < -0.4 is 5.32 Å². The Labute approximate surface area is 191 Å². The molecule has 6 heteroatoms. The van der Waals surface area contributed by atoms with Crippen LogP contribution in [0.4, 0.5) is 0 Å². The molecule has 2 heterocycles. The number of hydrogen-bond acceptors (Lipinski definition) is 6. The highest BCUT2D eigenvalue weighted by Crippen LogP contribution is 2.46. The first kappa shape index (κ1) is 21.0. The highest BCUT2D eigenvalue weighted by Gasteiger charge is 2.42. The van der Waals surface area contributed by atoms with Crippen molar-refractivity contribution in [2.24, 2.45) is 0 Å². The fourth-order valence-electron chi connectivity index (χ4n) is 5.29. The standard InChI is InChI=1S/C26H27NO4S/c1-15-23(26(30)31-19-8-2-3-9-19)24(16-6-4-7-18(28)12-16)25-20(27-15)13-17(14-21(25)29)22-10-5-11-32-22/h4-7,10-12,17,19,24,27-28H,2-3,8-9,13-14H2,1H3. The van der Waals surface area contributed by atoms with E-state index in [1.807, 2.05) is 24.4 Å². The van der Waals surface area contributed by atoms with Gasteiger partial charge >= 0.3 is 5.97 Å². The van der Waals surface area contributed by atoms with Crippen molar-refractivity contribution in [3.8, 4) is 5.75 Å². The number of Topliss-reactive ketones (excluding diaryl/α,β-unsaturated/α-hetero) is 1. The highest BCUT2D eigenvalue weighted by molar-refractivity contribution is 7.10. The summed E-state index contributed by atoms with van der Waals surface area (Å²) in [5.74, 6) is -0.606. The van der Waals surface area contributed by atoms with Crippen LogP contribution in [0, 0.1) is 0 Å². The molecule has 5 nitrogen and oxygen atoms in total. The summed E-state index contributed by atoms with van der Waals surface area (Å²) in [6, 6.07) is 11.0. The van der Waals surface area contributed by atoms with Crippen molar-refractivity contribution in [3.63, 3.8) is 0 Å². The Balaban J connectivity index is 1.55. The van der Waals surface area contributed by atoms with E-state index in [1.54, 1.807) is 29.5 Å². The lowest BCUT2D eigenvalue weighted by Crippen LogP contribution is -2.36. The molecule has 1 aromatic carbocycles. The summed E-state index contributed by atoms with van der Waals surface area (Å²) < 4.78 is 5.87. The van der Waals surface area contributed by atoms with Crippen LogP contribution in [-0.4, -0.2) is 23.0 Å². The third kappa shape index (κ3) is 3.88. The first-order chi connectivity index (χ1) is 15.5. The largest absolute Gasteiger partial charge is 0.508 e. The number of benzene rings is 1. The van der Waals surface area contributed by atoms with Crippen molar-refractivity contribution in [1.29, 1.82) is 0 Å². The molecule has 32 heavy (non-hydrogen) atoms. The molecular weight excluding hydrogens is 422 g/mol. The summed E-state index contributed by atoms with van der Waals surface area (Å²) in [6.45, 7) is 1.88. The van der Waals surface area contributed by atoms with E-state index in [9.17, 15) is 14.7 Å². The predicted molar refractivity (Wildman–Crippen MR) is 123 cm³/mol. The minimum absolute atomic E-state index is 0.0455. The molecule has 1 saturated carbocycles. The van der Waals surface area contributed by atoms with E-state index in [0.717, 1.165) is 49.1 Å². The highest BCUT2D eigenvalue weighted by atomic mass is 32.1. The summed E-state index contributed by atoms with van der Waals surface area (Å²) in [5, 5.41) is 15.6. The fraction of sp³-hybridized carbons (Fsp3) is 0.385. The molecule has 1 aliphatic heterocycles. The topological polar surface area (TPSA) is 75.6 Å². The molecule has 5 rings (SSSR count). The number of dihydropyridines is 1. The van der Waals surface area contributed by atoms with Crippen LogP contribution in [0.2, 0.25) is 0 Å². The van der Waals surface area contributed by atoms with Gasteiger partial charge in [-0.3, -0.25) is 4.79 Å². The normalized spacial score (nSPS) is 23.8. The molecule has 0 saturated heterocycles. The molecule has 0 amide bonds. The van der Waals surface area contributed by atoms with Crippen LogP contribution >= 0.6 is 11.3 Å². The maximum absolute atomic E-state index is 13.5. The molecule has 0 spiro atoms. The Morgan fingerprint density at radius 1 is 1.16 bits per heavy atom. The van der Waals surface area contributed by atoms with Crippen LogP contribution in [0.15, 0.2) is 64.3 Å². The Bertz CT molecular complexity index is 1110. The molecule has 2 atom stereocenters. The predicted octanol–water partition coefficient (Wildman–Crippen LogP) is 5.30. The molecule has 2 N–H and O–H groups in total. The zero-order valence-electron chi connectivity index (χ0n) is 18.1. The Morgan fingerprint density at radius 2 is 1.97 bits per heavy atom. The van der Waals surface area contributed by atoms with Crippen molar-refractivity contribution in [2.45, 2.75) is 63.4 Å². The number of carbonyl (C=O) groups is 2. The lowest BCUT2D eigenvalue weighted by atomic mass is 9.72. The van der Waals surface area contributed by atoms with Gasteiger partial charge in [0.15, 0.2) is 5.78 Å². The van der Waals surface area contributed by atoms with Gasteiger partial charge in [0.05, 0.1) is 5.57 Å². The van der Waals surface area contributed by atoms with Crippen LogP contribution in [0.5, 0.6) is 5.75 Å².